The highest BCUT2D eigenvalue weighted by molar-refractivity contribution is 7.99. The number of thioether (sulfide) groups is 1. The van der Waals surface area contributed by atoms with Crippen LogP contribution in [0.4, 0.5) is 11.4 Å². The van der Waals surface area contributed by atoms with Crippen molar-refractivity contribution < 1.29 is 17.9 Å². The number of benzene rings is 2. The highest BCUT2D eigenvalue weighted by atomic mass is 32.2. The van der Waals surface area contributed by atoms with Gasteiger partial charge in [0.2, 0.25) is 15.9 Å². The Bertz CT molecular complexity index is 1030. The van der Waals surface area contributed by atoms with Crippen LogP contribution in [0.5, 0.6) is 5.75 Å². The molecular weight excluding hydrogens is 422 g/mol. The van der Waals surface area contributed by atoms with E-state index >= 15 is 0 Å². The number of piperazine rings is 1. The molecule has 30 heavy (non-hydrogen) atoms. The monoisotopic (exact) mass is 447 g/mol. The minimum atomic E-state index is -3.58. The van der Waals surface area contributed by atoms with Gasteiger partial charge in [-0.25, -0.2) is 8.42 Å². The molecule has 2 aliphatic rings. The molecule has 2 aromatic rings. The van der Waals surface area contributed by atoms with Crippen LogP contribution in [0.15, 0.2) is 52.3 Å². The molecule has 0 N–H and O–H groups in total. The van der Waals surface area contributed by atoms with Crippen molar-refractivity contribution in [2.75, 3.05) is 55.4 Å². The Labute approximate surface area is 181 Å². The van der Waals surface area contributed by atoms with Gasteiger partial charge in [0.1, 0.15) is 5.75 Å². The summed E-state index contributed by atoms with van der Waals surface area (Å²) in [6.07, 6.45) is 0. The van der Waals surface area contributed by atoms with E-state index < -0.39 is 10.0 Å². The number of carbonyl (C=O) groups is 1. The van der Waals surface area contributed by atoms with Crippen molar-refractivity contribution in [3.8, 4) is 5.75 Å². The molecule has 0 spiro atoms. The zero-order valence-electron chi connectivity index (χ0n) is 17.1. The Hall–Kier alpha value is -2.23. The molecule has 2 aliphatic heterocycles. The number of methoxy groups -OCH3 is 1. The maximum atomic E-state index is 13.2. The van der Waals surface area contributed by atoms with Crippen molar-refractivity contribution in [2.24, 2.45) is 0 Å². The Morgan fingerprint density at radius 1 is 1.00 bits per heavy atom. The van der Waals surface area contributed by atoms with Crippen molar-refractivity contribution >= 4 is 39.1 Å². The molecule has 0 unspecified atom stereocenters. The van der Waals surface area contributed by atoms with E-state index in [4.69, 9.17) is 4.74 Å². The van der Waals surface area contributed by atoms with Gasteiger partial charge in [0.05, 0.1) is 17.7 Å². The summed E-state index contributed by atoms with van der Waals surface area (Å²) in [5.74, 6) is 1.53. The summed E-state index contributed by atoms with van der Waals surface area (Å²) >= 11 is 1.59. The van der Waals surface area contributed by atoms with E-state index in [-0.39, 0.29) is 10.8 Å². The molecule has 0 saturated carbocycles. The molecule has 0 aromatic heterocycles. The minimum Gasteiger partial charge on any atom is -0.497 e. The zero-order valence-corrected chi connectivity index (χ0v) is 18.7. The number of sulfonamides is 1. The summed E-state index contributed by atoms with van der Waals surface area (Å²) in [5, 5.41) is 0. The number of ether oxygens (including phenoxy) is 1. The lowest BCUT2D eigenvalue weighted by molar-refractivity contribution is -0.116. The van der Waals surface area contributed by atoms with Crippen molar-refractivity contribution in [1.29, 1.82) is 0 Å². The second-order valence-corrected chi connectivity index (χ2v) is 10.3. The first kappa shape index (κ1) is 21.0. The third-order valence-electron chi connectivity index (χ3n) is 5.49. The standard InChI is InChI=1S/C21H25N3O4S2/c1-16(25)24-13-14-29-21-15-19(7-8-20(21)24)30(26,27)23-11-9-22(10-12-23)17-3-5-18(28-2)6-4-17/h3-8,15H,9-14H2,1-2H3. The second kappa shape index (κ2) is 8.49. The summed E-state index contributed by atoms with van der Waals surface area (Å²) in [5.41, 5.74) is 1.85. The van der Waals surface area contributed by atoms with Crippen molar-refractivity contribution in [3.63, 3.8) is 0 Å². The SMILES string of the molecule is COc1ccc(N2CCN(S(=O)(=O)c3ccc4c(c3)SCCN4C(C)=O)CC2)cc1. The first-order chi connectivity index (χ1) is 14.4. The van der Waals surface area contributed by atoms with Crippen LogP contribution < -0.4 is 14.5 Å². The van der Waals surface area contributed by atoms with Crippen LogP contribution in [0.25, 0.3) is 0 Å². The van der Waals surface area contributed by atoms with Gasteiger partial charge < -0.3 is 14.5 Å². The fraction of sp³-hybridized carbons (Fsp3) is 0.381. The van der Waals surface area contributed by atoms with Crippen LogP contribution in [-0.4, -0.2) is 64.2 Å². The van der Waals surface area contributed by atoms with Crippen LogP contribution >= 0.6 is 11.8 Å². The number of nitrogens with zero attached hydrogens (tertiary/aromatic N) is 3. The Kier molecular flexibility index (Phi) is 5.95. The summed E-state index contributed by atoms with van der Waals surface area (Å²) in [6, 6.07) is 12.9. The van der Waals surface area contributed by atoms with Crippen molar-refractivity contribution in [1.82, 2.24) is 4.31 Å². The number of carbonyl (C=O) groups excluding carboxylic acids is 1. The molecule has 2 aromatic carbocycles. The van der Waals surface area contributed by atoms with Gasteiger partial charge >= 0.3 is 0 Å². The molecule has 1 saturated heterocycles. The summed E-state index contributed by atoms with van der Waals surface area (Å²) in [6.45, 7) is 4.29. The Morgan fingerprint density at radius 3 is 2.33 bits per heavy atom. The van der Waals surface area contributed by atoms with Crippen LogP contribution in [0.1, 0.15) is 6.92 Å². The van der Waals surface area contributed by atoms with Gasteiger partial charge in [0, 0.05) is 56.0 Å². The van der Waals surface area contributed by atoms with E-state index in [0.717, 1.165) is 27.8 Å². The first-order valence-corrected chi connectivity index (χ1v) is 12.3. The van der Waals surface area contributed by atoms with Gasteiger partial charge in [0.15, 0.2) is 0 Å². The first-order valence-electron chi connectivity index (χ1n) is 9.84. The Balaban J connectivity index is 1.49. The number of fused-ring (bicyclic) bond motifs is 1. The maximum absolute atomic E-state index is 13.2. The molecule has 0 aliphatic carbocycles. The molecule has 1 fully saturated rings. The van der Waals surface area contributed by atoms with Gasteiger partial charge in [-0.1, -0.05) is 0 Å². The summed E-state index contributed by atoms with van der Waals surface area (Å²) < 4.78 is 33.2. The van der Waals surface area contributed by atoms with E-state index in [1.54, 1.807) is 46.3 Å². The van der Waals surface area contributed by atoms with Crippen molar-refractivity contribution in [3.05, 3.63) is 42.5 Å². The molecule has 160 valence electrons. The lowest BCUT2D eigenvalue weighted by atomic mass is 10.2. The molecule has 9 heteroatoms. The van der Waals surface area contributed by atoms with Gasteiger partial charge in [-0.15, -0.1) is 11.8 Å². The quantitative estimate of drug-likeness (QED) is 0.718. The number of hydrogen-bond acceptors (Lipinski definition) is 6. The van der Waals surface area contributed by atoms with Gasteiger partial charge in [-0.3, -0.25) is 4.79 Å². The number of rotatable bonds is 4. The molecule has 7 nitrogen and oxygen atoms in total. The molecule has 0 bridgehead atoms. The Morgan fingerprint density at radius 2 is 1.70 bits per heavy atom. The number of amides is 1. The average molecular weight is 448 g/mol. The van der Waals surface area contributed by atoms with E-state index in [1.807, 2.05) is 24.3 Å². The van der Waals surface area contributed by atoms with E-state index in [9.17, 15) is 13.2 Å². The molecule has 1 amide bonds. The predicted octanol–water partition coefficient (Wildman–Crippen LogP) is 2.66. The highest BCUT2D eigenvalue weighted by Crippen LogP contribution is 2.37. The van der Waals surface area contributed by atoms with Crippen LogP contribution in [0.3, 0.4) is 0 Å². The molecule has 2 heterocycles. The smallest absolute Gasteiger partial charge is 0.243 e. The minimum absolute atomic E-state index is 0.0261. The summed E-state index contributed by atoms with van der Waals surface area (Å²) in [7, 11) is -1.95. The second-order valence-electron chi connectivity index (χ2n) is 7.24. The van der Waals surface area contributed by atoms with Crippen LogP contribution in [0.2, 0.25) is 0 Å². The summed E-state index contributed by atoms with van der Waals surface area (Å²) in [4.78, 5) is 16.9. The maximum Gasteiger partial charge on any atom is 0.243 e. The van der Waals surface area contributed by atoms with Crippen LogP contribution in [0, 0.1) is 0 Å². The van der Waals surface area contributed by atoms with Crippen LogP contribution in [-0.2, 0) is 14.8 Å². The molecule has 0 atom stereocenters. The topological polar surface area (TPSA) is 70.2 Å². The molecule has 4 rings (SSSR count). The van der Waals surface area contributed by atoms with Gasteiger partial charge in [0.25, 0.3) is 0 Å². The van der Waals surface area contributed by atoms with E-state index in [0.29, 0.717) is 32.7 Å². The number of hydrogen-bond donors (Lipinski definition) is 0. The zero-order chi connectivity index (χ0) is 21.3. The fourth-order valence-electron chi connectivity index (χ4n) is 3.82. The van der Waals surface area contributed by atoms with Crippen molar-refractivity contribution in [2.45, 2.75) is 16.7 Å². The molecule has 0 radical (unpaired) electrons. The average Bonchev–Trinajstić information content (AvgIpc) is 2.78. The fourth-order valence-corrected chi connectivity index (χ4v) is 6.37. The lowest BCUT2D eigenvalue weighted by Gasteiger charge is -2.35. The normalized spacial score (nSPS) is 17.5. The molecular formula is C21H25N3O4S2. The highest BCUT2D eigenvalue weighted by Gasteiger charge is 2.30. The number of anilines is 2. The third kappa shape index (κ3) is 4.01. The van der Waals surface area contributed by atoms with Gasteiger partial charge in [-0.05, 0) is 42.5 Å². The van der Waals surface area contributed by atoms with E-state index in [2.05, 4.69) is 4.90 Å². The van der Waals surface area contributed by atoms with Gasteiger partial charge in [-0.2, -0.15) is 4.31 Å². The third-order valence-corrected chi connectivity index (χ3v) is 8.41. The lowest BCUT2D eigenvalue weighted by Crippen LogP contribution is -2.48. The predicted molar refractivity (Wildman–Crippen MR) is 119 cm³/mol. The largest absolute Gasteiger partial charge is 0.497 e. The van der Waals surface area contributed by atoms with E-state index in [1.165, 1.54) is 6.92 Å².